The lowest BCUT2D eigenvalue weighted by Gasteiger charge is -2.24. The van der Waals surface area contributed by atoms with Crippen LogP contribution in [0.5, 0.6) is 0 Å². The highest BCUT2D eigenvalue weighted by Gasteiger charge is 2.16. The third kappa shape index (κ3) is 4.12. The lowest BCUT2D eigenvalue weighted by atomic mass is 10.0. The number of benzene rings is 1. The molecule has 1 saturated heterocycles. The van der Waals surface area contributed by atoms with Crippen LogP contribution in [0.15, 0.2) is 18.2 Å². The summed E-state index contributed by atoms with van der Waals surface area (Å²) >= 11 is 6.45. The van der Waals surface area contributed by atoms with Crippen LogP contribution in [-0.4, -0.2) is 19.1 Å². The summed E-state index contributed by atoms with van der Waals surface area (Å²) in [6.45, 7) is 6.61. The van der Waals surface area contributed by atoms with E-state index in [1.807, 2.05) is 6.92 Å². The van der Waals surface area contributed by atoms with Gasteiger partial charge in [0.2, 0.25) is 0 Å². The van der Waals surface area contributed by atoms with Gasteiger partial charge in [0.05, 0.1) is 10.7 Å². The van der Waals surface area contributed by atoms with Gasteiger partial charge in [-0.05, 0) is 56.2 Å². The molecule has 1 aromatic carbocycles. The summed E-state index contributed by atoms with van der Waals surface area (Å²) in [6.07, 6.45) is 4.74. The summed E-state index contributed by atoms with van der Waals surface area (Å²) in [5, 5.41) is 0.868. The number of halogens is 1. The number of hydrogen-bond acceptors (Lipinski definition) is 2. The predicted molar refractivity (Wildman–Crippen MR) is 84.0 cm³/mol. The van der Waals surface area contributed by atoms with Gasteiger partial charge in [-0.2, -0.15) is 0 Å². The summed E-state index contributed by atoms with van der Waals surface area (Å²) in [7, 11) is 0. The molecule has 0 radical (unpaired) electrons. The van der Waals surface area contributed by atoms with Crippen LogP contribution in [0, 0.1) is 5.92 Å². The first kappa shape index (κ1) is 14.7. The van der Waals surface area contributed by atoms with Gasteiger partial charge in [0.15, 0.2) is 0 Å². The van der Waals surface area contributed by atoms with Crippen molar-refractivity contribution in [1.29, 1.82) is 0 Å². The van der Waals surface area contributed by atoms with E-state index in [-0.39, 0.29) is 6.04 Å². The number of anilines is 1. The molecule has 1 fully saturated rings. The summed E-state index contributed by atoms with van der Waals surface area (Å²) in [6, 6.07) is 6.59. The van der Waals surface area contributed by atoms with Crippen molar-refractivity contribution in [2.24, 2.45) is 11.7 Å². The summed E-state index contributed by atoms with van der Waals surface area (Å²) in [4.78, 5) is 2.43. The normalized spacial score (nSPS) is 22.1. The molecule has 2 unspecified atom stereocenters. The molecule has 2 atom stereocenters. The molecule has 2 rings (SSSR count). The zero-order valence-corrected chi connectivity index (χ0v) is 12.8. The standard InChI is InChI=1S/C16H25ClN2/c1-12-4-3-8-19(9-7-12)16-6-5-14(10-13(2)18)11-15(16)17/h5-6,11-13H,3-4,7-10,18H2,1-2H3. The Bertz CT molecular complexity index is 417. The van der Waals surface area contributed by atoms with Gasteiger partial charge in [-0.25, -0.2) is 0 Å². The molecule has 0 amide bonds. The molecule has 3 heteroatoms. The molecule has 1 aliphatic rings. The van der Waals surface area contributed by atoms with Gasteiger partial charge in [0.1, 0.15) is 0 Å². The molecule has 0 saturated carbocycles. The van der Waals surface area contributed by atoms with Crippen molar-refractivity contribution in [3.8, 4) is 0 Å². The van der Waals surface area contributed by atoms with Crippen molar-refractivity contribution in [3.05, 3.63) is 28.8 Å². The molecule has 1 aliphatic heterocycles. The number of nitrogens with zero attached hydrogens (tertiary/aromatic N) is 1. The second-order valence-electron chi connectivity index (χ2n) is 5.99. The first-order valence-electron chi connectivity index (χ1n) is 7.35. The summed E-state index contributed by atoms with van der Waals surface area (Å²) in [5.41, 5.74) is 8.25. The molecule has 1 heterocycles. The molecule has 0 bridgehead atoms. The van der Waals surface area contributed by atoms with E-state index in [0.717, 1.165) is 30.5 Å². The van der Waals surface area contributed by atoms with Crippen LogP contribution in [0.4, 0.5) is 5.69 Å². The second kappa shape index (κ2) is 6.62. The Kier molecular flexibility index (Phi) is 5.12. The first-order valence-corrected chi connectivity index (χ1v) is 7.73. The number of rotatable bonds is 3. The Morgan fingerprint density at radius 2 is 2.16 bits per heavy atom. The maximum atomic E-state index is 6.45. The van der Waals surface area contributed by atoms with Gasteiger partial charge in [0, 0.05) is 19.1 Å². The molecular weight excluding hydrogens is 256 g/mol. The monoisotopic (exact) mass is 280 g/mol. The minimum Gasteiger partial charge on any atom is -0.370 e. The van der Waals surface area contributed by atoms with Crippen molar-refractivity contribution < 1.29 is 0 Å². The van der Waals surface area contributed by atoms with Crippen LogP contribution in [0.3, 0.4) is 0 Å². The Balaban J connectivity index is 2.11. The van der Waals surface area contributed by atoms with Gasteiger partial charge in [-0.15, -0.1) is 0 Å². The van der Waals surface area contributed by atoms with Crippen LogP contribution in [0.25, 0.3) is 0 Å². The van der Waals surface area contributed by atoms with Crippen molar-refractivity contribution in [1.82, 2.24) is 0 Å². The van der Waals surface area contributed by atoms with Gasteiger partial charge >= 0.3 is 0 Å². The topological polar surface area (TPSA) is 29.3 Å². The van der Waals surface area contributed by atoms with Crippen LogP contribution >= 0.6 is 11.6 Å². The molecule has 2 N–H and O–H groups in total. The average molecular weight is 281 g/mol. The van der Waals surface area contributed by atoms with E-state index in [2.05, 4.69) is 30.0 Å². The zero-order chi connectivity index (χ0) is 13.8. The lowest BCUT2D eigenvalue weighted by molar-refractivity contribution is 0.521. The highest BCUT2D eigenvalue weighted by Crippen LogP contribution is 2.30. The molecule has 1 aromatic rings. The van der Waals surface area contributed by atoms with E-state index in [4.69, 9.17) is 17.3 Å². The minimum atomic E-state index is 0.181. The fourth-order valence-corrected chi connectivity index (χ4v) is 3.13. The van der Waals surface area contributed by atoms with Gasteiger partial charge in [-0.3, -0.25) is 0 Å². The summed E-state index contributed by atoms with van der Waals surface area (Å²) in [5.74, 6) is 0.834. The van der Waals surface area contributed by atoms with Crippen molar-refractivity contribution in [3.63, 3.8) is 0 Å². The Morgan fingerprint density at radius 3 is 2.84 bits per heavy atom. The molecule has 0 aromatic heterocycles. The van der Waals surface area contributed by atoms with Gasteiger partial charge in [0.25, 0.3) is 0 Å². The predicted octanol–water partition coefficient (Wildman–Crippen LogP) is 3.86. The SMILES string of the molecule is CC(N)Cc1ccc(N2CCCC(C)CC2)c(Cl)c1. The van der Waals surface area contributed by atoms with Gasteiger partial charge < -0.3 is 10.6 Å². The molecule has 2 nitrogen and oxygen atoms in total. The van der Waals surface area contributed by atoms with Crippen molar-refractivity contribution in [2.75, 3.05) is 18.0 Å². The van der Waals surface area contributed by atoms with E-state index in [9.17, 15) is 0 Å². The highest BCUT2D eigenvalue weighted by atomic mass is 35.5. The second-order valence-corrected chi connectivity index (χ2v) is 6.40. The maximum absolute atomic E-state index is 6.45. The van der Waals surface area contributed by atoms with Crippen LogP contribution in [0.2, 0.25) is 5.02 Å². The minimum absolute atomic E-state index is 0.181. The Hall–Kier alpha value is -0.730. The molecule has 0 spiro atoms. The van der Waals surface area contributed by atoms with E-state index in [0.29, 0.717) is 0 Å². The Labute approximate surface area is 121 Å². The third-order valence-electron chi connectivity index (χ3n) is 3.93. The lowest BCUT2D eigenvalue weighted by Crippen LogP contribution is -2.24. The van der Waals surface area contributed by atoms with E-state index >= 15 is 0 Å². The van der Waals surface area contributed by atoms with E-state index in [1.54, 1.807) is 0 Å². The number of hydrogen-bond donors (Lipinski definition) is 1. The van der Waals surface area contributed by atoms with Crippen LogP contribution < -0.4 is 10.6 Å². The molecule has 106 valence electrons. The quantitative estimate of drug-likeness (QED) is 0.911. The van der Waals surface area contributed by atoms with E-state index < -0.39 is 0 Å². The van der Waals surface area contributed by atoms with Crippen LogP contribution in [0.1, 0.15) is 38.7 Å². The average Bonchev–Trinajstić information content (AvgIpc) is 2.54. The fourth-order valence-electron chi connectivity index (χ4n) is 2.81. The largest absolute Gasteiger partial charge is 0.370 e. The first-order chi connectivity index (χ1) is 9.06. The Morgan fingerprint density at radius 1 is 1.37 bits per heavy atom. The fraction of sp³-hybridized carbons (Fsp3) is 0.625. The van der Waals surface area contributed by atoms with Crippen molar-refractivity contribution >= 4 is 17.3 Å². The molecule has 0 aliphatic carbocycles. The maximum Gasteiger partial charge on any atom is 0.0642 e. The van der Waals surface area contributed by atoms with Crippen molar-refractivity contribution in [2.45, 2.75) is 45.6 Å². The van der Waals surface area contributed by atoms with Gasteiger partial charge in [-0.1, -0.05) is 24.6 Å². The van der Waals surface area contributed by atoms with Crippen LogP contribution in [-0.2, 0) is 6.42 Å². The molecular formula is C16H25ClN2. The summed E-state index contributed by atoms with van der Waals surface area (Å²) < 4.78 is 0. The smallest absolute Gasteiger partial charge is 0.0642 e. The molecule has 19 heavy (non-hydrogen) atoms. The van der Waals surface area contributed by atoms with E-state index in [1.165, 1.54) is 30.5 Å². The number of nitrogens with two attached hydrogens (primary N) is 1. The zero-order valence-electron chi connectivity index (χ0n) is 12.0. The highest BCUT2D eigenvalue weighted by molar-refractivity contribution is 6.33. The third-order valence-corrected chi connectivity index (χ3v) is 4.23.